The molecule has 2 aliphatic heterocycles. The van der Waals surface area contributed by atoms with Crippen molar-refractivity contribution in [1.82, 2.24) is 34.7 Å². The predicted molar refractivity (Wildman–Crippen MR) is 200 cm³/mol. The minimum atomic E-state index is -4.95. The molecular weight excluding hydrogens is 712 g/mol. The van der Waals surface area contributed by atoms with Crippen LogP contribution in [-0.4, -0.2) is 115 Å². The molecule has 0 atom stereocenters. The zero-order chi connectivity index (χ0) is 37.5. The summed E-state index contributed by atoms with van der Waals surface area (Å²) in [7, 11) is -0.189. The first-order chi connectivity index (χ1) is 25.3. The minimum absolute atomic E-state index is 0.00647. The number of fused-ring (bicyclic) bond motifs is 2. The molecule has 5 aromatic rings. The van der Waals surface area contributed by atoms with Crippen molar-refractivity contribution in [3.05, 3.63) is 54.5 Å². The SMILES string of the molecule is CCc1cc(Nc2nc(Nc3ccc4nccnc4c3N(C)S(C)(=O)=O)c3[nH]ccc3n2)c(OC(F)(F)F)cc1N1CCC(N2CCN(C)CC2)CC1. The molecule has 0 amide bonds. The van der Waals surface area contributed by atoms with Crippen LogP contribution in [0.4, 0.5) is 47.7 Å². The number of piperidine rings is 1. The lowest BCUT2D eigenvalue weighted by Gasteiger charge is -2.43. The summed E-state index contributed by atoms with van der Waals surface area (Å²) in [5.74, 6) is -0.168. The third-order valence-electron chi connectivity index (χ3n) is 9.98. The number of hydrogen-bond acceptors (Lipinski definition) is 12. The number of aryl methyl sites for hydroxylation is 1. The second-order valence-corrected chi connectivity index (χ2v) is 15.4. The smallest absolute Gasteiger partial charge is 0.403 e. The van der Waals surface area contributed by atoms with Crippen molar-refractivity contribution in [3.8, 4) is 5.75 Å². The van der Waals surface area contributed by atoms with E-state index in [1.165, 1.54) is 25.5 Å². The molecule has 14 nitrogen and oxygen atoms in total. The minimum Gasteiger partial charge on any atom is -0.403 e. The molecule has 2 saturated heterocycles. The van der Waals surface area contributed by atoms with E-state index < -0.39 is 22.1 Å². The summed E-state index contributed by atoms with van der Waals surface area (Å²) in [6, 6.07) is 8.63. The maximum Gasteiger partial charge on any atom is 0.573 e. The van der Waals surface area contributed by atoms with E-state index in [1.54, 1.807) is 30.5 Å². The molecule has 18 heteroatoms. The van der Waals surface area contributed by atoms with Crippen LogP contribution in [0.3, 0.4) is 0 Å². The van der Waals surface area contributed by atoms with Gasteiger partial charge >= 0.3 is 6.36 Å². The highest BCUT2D eigenvalue weighted by Gasteiger charge is 2.34. The molecule has 0 spiro atoms. The number of ether oxygens (including phenoxy) is 1. The van der Waals surface area contributed by atoms with Crippen molar-refractivity contribution in [2.24, 2.45) is 0 Å². The van der Waals surface area contributed by atoms with Crippen LogP contribution in [0.1, 0.15) is 25.3 Å². The van der Waals surface area contributed by atoms with E-state index in [0.29, 0.717) is 45.9 Å². The van der Waals surface area contributed by atoms with Crippen LogP contribution in [0.15, 0.2) is 48.9 Å². The average molecular weight is 754 g/mol. The molecule has 53 heavy (non-hydrogen) atoms. The molecule has 0 aliphatic carbocycles. The van der Waals surface area contributed by atoms with Gasteiger partial charge in [-0.1, -0.05) is 6.92 Å². The fourth-order valence-electron chi connectivity index (χ4n) is 7.10. The van der Waals surface area contributed by atoms with E-state index in [0.717, 1.165) is 68.2 Å². The Hall–Kier alpha value is -4.94. The topological polar surface area (TPSA) is 148 Å². The predicted octanol–water partition coefficient (Wildman–Crippen LogP) is 5.46. The number of sulfonamides is 1. The number of nitrogens with zero attached hydrogens (tertiary/aromatic N) is 8. The molecule has 282 valence electrons. The van der Waals surface area contributed by atoms with Crippen molar-refractivity contribution in [2.45, 2.75) is 38.6 Å². The van der Waals surface area contributed by atoms with Crippen molar-refractivity contribution >= 4 is 66.6 Å². The highest BCUT2D eigenvalue weighted by Crippen LogP contribution is 2.41. The molecule has 0 bridgehead atoms. The van der Waals surface area contributed by atoms with Crippen LogP contribution in [0.25, 0.3) is 22.1 Å². The quantitative estimate of drug-likeness (QED) is 0.166. The van der Waals surface area contributed by atoms with Crippen LogP contribution in [0.2, 0.25) is 0 Å². The first-order valence-corrected chi connectivity index (χ1v) is 19.3. The van der Waals surface area contributed by atoms with Crippen molar-refractivity contribution < 1.29 is 26.3 Å². The maximum absolute atomic E-state index is 13.9. The van der Waals surface area contributed by atoms with Crippen molar-refractivity contribution in [2.75, 3.05) is 79.5 Å². The van der Waals surface area contributed by atoms with E-state index in [-0.39, 0.29) is 23.1 Å². The van der Waals surface area contributed by atoms with Crippen LogP contribution in [0, 0.1) is 0 Å². The first kappa shape index (κ1) is 36.4. The zero-order valence-electron chi connectivity index (χ0n) is 29.9. The lowest BCUT2D eigenvalue weighted by Crippen LogP contribution is -2.52. The van der Waals surface area contributed by atoms with Crippen LogP contribution >= 0.6 is 0 Å². The van der Waals surface area contributed by atoms with Gasteiger partial charge in [-0.25, -0.2) is 13.4 Å². The third kappa shape index (κ3) is 7.89. The van der Waals surface area contributed by atoms with Gasteiger partial charge < -0.3 is 30.2 Å². The van der Waals surface area contributed by atoms with Gasteiger partial charge in [0.2, 0.25) is 16.0 Å². The number of piperazine rings is 1. The molecule has 7 rings (SSSR count). The van der Waals surface area contributed by atoms with Crippen LogP contribution < -0.4 is 24.6 Å². The number of halogens is 3. The van der Waals surface area contributed by atoms with E-state index >= 15 is 0 Å². The van der Waals surface area contributed by atoms with Gasteiger partial charge in [-0.2, -0.15) is 4.98 Å². The summed E-state index contributed by atoms with van der Waals surface area (Å²) >= 11 is 0. The Kier molecular flexibility index (Phi) is 9.94. The Morgan fingerprint density at radius 1 is 0.962 bits per heavy atom. The highest BCUT2D eigenvalue weighted by molar-refractivity contribution is 7.92. The molecule has 2 aliphatic rings. The standard InChI is InChI=1S/C35H42F3N11O3S/c1-5-22-20-27(29(52-35(36,37)38)21-28(22)49-14-9-23(10-15-49)48-18-16-46(2)17-19-48)44-34-43-25-8-11-40-31(25)33(45-34)42-26-7-6-24-30(41-13-12-39-24)32(26)47(3)53(4,50)51/h6-8,11-13,20-21,23,40H,5,9-10,14-19H2,1-4H3,(H2,42,43,44,45). The maximum atomic E-state index is 13.9. The summed E-state index contributed by atoms with van der Waals surface area (Å²) in [5, 5.41) is 6.20. The number of rotatable bonds is 10. The number of nitrogens with one attached hydrogen (secondary N) is 3. The fraction of sp³-hybridized carbons (Fsp3) is 0.429. The number of aromatic nitrogens is 5. The van der Waals surface area contributed by atoms with Gasteiger partial charge in [0, 0.05) is 82.7 Å². The summed E-state index contributed by atoms with van der Waals surface area (Å²) in [4.78, 5) is 28.0. The molecule has 5 heterocycles. The van der Waals surface area contributed by atoms with Crippen molar-refractivity contribution in [1.29, 1.82) is 0 Å². The van der Waals surface area contributed by atoms with Crippen molar-refractivity contribution in [3.63, 3.8) is 0 Å². The first-order valence-electron chi connectivity index (χ1n) is 17.4. The van der Waals surface area contributed by atoms with Gasteiger partial charge in [0.15, 0.2) is 11.6 Å². The summed E-state index contributed by atoms with van der Waals surface area (Å²) in [5.41, 5.74) is 3.96. The number of H-pyrrole nitrogens is 1. The van der Waals surface area contributed by atoms with Crippen LogP contribution in [0.5, 0.6) is 5.75 Å². The number of aromatic amines is 1. The van der Waals surface area contributed by atoms with Gasteiger partial charge in [-0.15, -0.1) is 13.2 Å². The van der Waals surface area contributed by atoms with E-state index in [4.69, 9.17) is 0 Å². The second-order valence-electron chi connectivity index (χ2n) is 13.4. The Bertz CT molecular complexity index is 2220. The molecular formula is C35H42F3N11O3S. The molecule has 0 unspecified atom stereocenters. The molecule has 2 aromatic carbocycles. The van der Waals surface area contributed by atoms with Gasteiger partial charge in [0.1, 0.15) is 16.7 Å². The van der Waals surface area contributed by atoms with Crippen LogP contribution in [-0.2, 0) is 16.4 Å². The largest absolute Gasteiger partial charge is 0.573 e. The summed E-state index contributed by atoms with van der Waals surface area (Å²) < 4.78 is 72.8. The number of likely N-dealkylation sites (N-methyl/N-ethyl adjacent to an activating group) is 1. The Morgan fingerprint density at radius 2 is 1.70 bits per heavy atom. The Morgan fingerprint density at radius 3 is 2.40 bits per heavy atom. The van der Waals surface area contributed by atoms with E-state index in [9.17, 15) is 21.6 Å². The highest BCUT2D eigenvalue weighted by atomic mass is 32.2. The van der Waals surface area contributed by atoms with Gasteiger partial charge in [-0.3, -0.25) is 19.2 Å². The third-order valence-corrected chi connectivity index (χ3v) is 11.2. The van der Waals surface area contributed by atoms with Gasteiger partial charge in [-0.05, 0) is 56.1 Å². The number of benzene rings is 2. The van der Waals surface area contributed by atoms with E-state index in [2.05, 4.69) is 62.0 Å². The number of alkyl halides is 3. The molecule has 2 fully saturated rings. The lowest BCUT2D eigenvalue weighted by atomic mass is 9.99. The Labute approximate surface area is 305 Å². The van der Waals surface area contributed by atoms with Gasteiger partial charge in [0.25, 0.3) is 0 Å². The zero-order valence-corrected chi connectivity index (χ0v) is 30.7. The molecule has 0 saturated carbocycles. The molecule has 3 aromatic heterocycles. The Balaban J connectivity index is 1.22. The lowest BCUT2D eigenvalue weighted by molar-refractivity contribution is -0.274. The monoisotopic (exact) mass is 753 g/mol. The average Bonchev–Trinajstić information content (AvgIpc) is 3.60. The molecule has 0 radical (unpaired) electrons. The summed E-state index contributed by atoms with van der Waals surface area (Å²) in [6.45, 7) is 7.52. The summed E-state index contributed by atoms with van der Waals surface area (Å²) in [6.07, 6.45) is 3.18. The fourth-order valence-corrected chi connectivity index (χ4v) is 7.62. The molecule has 3 N–H and O–H groups in total. The normalized spacial score (nSPS) is 16.7. The van der Waals surface area contributed by atoms with Gasteiger partial charge in [0.05, 0.1) is 28.7 Å². The van der Waals surface area contributed by atoms with E-state index in [1.807, 2.05) is 6.92 Å². The number of anilines is 6. The number of hydrogen-bond donors (Lipinski definition) is 3. The second kappa shape index (κ2) is 14.5.